The molecule has 2 aromatic carbocycles. The Morgan fingerprint density at radius 1 is 1.00 bits per heavy atom. The Bertz CT molecular complexity index is 1010. The zero-order chi connectivity index (χ0) is 21.0. The number of rotatable bonds is 6. The van der Waals surface area contributed by atoms with Crippen LogP contribution in [-0.4, -0.2) is 16.4 Å². The van der Waals surface area contributed by atoms with E-state index in [4.69, 9.17) is 0 Å². The van der Waals surface area contributed by atoms with Crippen LogP contribution in [0.15, 0.2) is 54.6 Å². The number of fused-ring (bicyclic) bond motifs is 1. The number of carbonyl (C=O) groups is 2. The normalized spacial score (nSPS) is 11.4. The first kappa shape index (κ1) is 20.6. The summed E-state index contributed by atoms with van der Waals surface area (Å²) >= 11 is 0. The van der Waals surface area contributed by atoms with Gasteiger partial charge in [-0.25, -0.2) is 0 Å². The van der Waals surface area contributed by atoms with E-state index in [0.717, 1.165) is 22.2 Å². The second kappa shape index (κ2) is 8.52. The van der Waals surface area contributed by atoms with Gasteiger partial charge in [0.05, 0.1) is 0 Å². The highest BCUT2D eigenvalue weighted by atomic mass is 16.2. The number of nitrogens with one attached hydrogen (secondary N) is 2. The van der Waals surface area contributed by atoms with Gasteiger partial charge in [0, 0.05) is 36.1 Å². The summed E-state index contributed by atoms with van der Waals surface area (Å²) in [5, 5.41) is 6.89. The van der Waals surface area contributed by atoms with Crippen LogP contribution in [0.5, 0.6) is 0 Å². The maximum atomic E-state index is 12.8. The van der Waals surface area contributed by atoms with Crippen molar-refractivity contribution in [1.29, 1.82) is 0 Å². The summed E-state index contributed by atoms with van der Waals surface area (Å²) in [5.41, 5.74) is 3.34. The Hall–Kier alpha value is -3.08. The van der Waals surface area contributed by atoms with E-state index in [9.17, 15) is 9.59 Å². The minimum absolute atomic E-state index is 0.00685. The van der Waals surface area contributed by atoms with Crippen LogP contribution >= 0.6 is 0 Å². The zero-order valence-corrected chi connectivity index (χ0v) is 17.6. The van der Waals surface area contributed by atoms with Crippen molar-refractivity contribution in [3.8, 4) is 0 Å². The molecule has 29 heavy (non-hydrogen) atoms. The molecule has 152 valence electrons. The number of hydrogen-bond acceptors (Lipinski definition) is 2. The number of nitrogens with zero attached hydrogens (tertiary/aromatic N) is 1. The summed E-state index contributed by atoms with van der Waals surface area (Å²) in [4.78, 5) is 25.0. The number of hydrogen-bond donors (Lipinski definition) is 2. The van der Waals surface area contributed by atoms with Crippen LogP contribution < -0.4 is 10.6 Å². The van der Waals surface area contributed by atoms with Crippen molar-refractivity contribution in [2.45, 2.75) is 47.2 Å². The number of aromatic nitrogens is 1. The minimum Gasteiger partial charge on any atom is -0.347 e. The quantitative estimate of drug-likeness (QED) is 0.623. The minimum atomic E-state index is -0.106. The third-order valence-corrected chi connectivity index (χ3v) is 4.72. The molecule has 5 nitrogen and oxygen atoms in total. The lowest BCUT2D eigenvalue weighted by molar-refractivity contribution is -0.117. The summed E-state index contributed by atoms with van der Waals surface area (Å²) in [5.74, 6) is -0.113. The van der Waals surface area contributed by atoms with E-state index in [2.05, 4.69) is 10.6 Å². The molecule has 2 amide bonds. The lowest BCUT2D eigenvalue weighted by Gasteiger charge is -2.17. The smallest absolute Gasteiger partial charge is 0.268 e. The van der Waals surface area contributed by atoms with Crippen molar-refractivity contribution in [1.82, 2.24) is 9.88 Å². The molecule has 0 aliphatic heterocycles. The molecule has 0 saturated heterocycles. The SMILES string of the molecule is CCn1c(C(=O)NCc2ccccc2)cc2cc(NC(=O)CC(C)(C)C)ccc21. The maximum absolute atomic E-state index is 12.8. The standard InChI is InChI=1S/C24H29N3O2/c1-5-27-20-12-11-19(26-22(28)15-24(2,3)4)13-18(20)14-21(27)23(29)25-16-17-9-7-6-8-10-17/h6-14H,5,15-16H2,1-4H3,(H,25,29)(H,26,28). The van der Waals surface area contributed by atoms with Crippen LogP contribution in [0.1, 0.15) is 50.2 Å². The van der Waals surface area contributed by atoms with Crippen molar-refractivity contribution >= 4 is 28.4 Å². The molecule has 3 aromatic rings. The lowest BCUT2D eigenvalue weighted by atomic mass is 9.92. The Morgan fingerprint density at radius 2 is 1.72 bits per heavy atom. The zero-order valence-electron chi connectivity index (χ0n) is 17.6. The van der Waals surface area contributed by atoms with Gasteiger partial charge < -0.3 is 15.2 Å². The highest BCUT2D eigenvalue weighted by molar-refractivity contribution is 6.00. The van der Waals surface area contributed by atoms with Crippen LogP contribution in [0.4, 0.5) is 5.69 Å². The summed E-state index contributed by atoms with van der Waals surface area (Å²) in [6, 6.07) is 17.5. The first-order valence-electron chi connectivity index (χ1n) is 10.0. The fourth-order valence-electron chi connectivity index (χ4n) is 3.43. The topological polar surface area (TPSA) is 63.1 Å². The largest absolute Gasteiger partial charge is 0.347 e. The Balaban J connectivity index is 1.79. The van der Waals surface area contributed by atoms with Crippen molar-refractivity contribution in [3.05, 3.63) is 65.9 Å². The van der Waals surface area contributed by atoms with E-state index in [0.29, 0.717) is 25.2 Å². The summed E-state index contributed by atoms with van der Waals surface area (Å²) in [6.45, 7) is 9.31. The van der Waals surface area contributed by atoms with Gasteiger partial charge in [0.15, 0.2) is 0 Å². The fourth-order valence-corrected chi connectivity index (χ4v) is 3.43. The molecule has 1 heterocycles. The molecule has 0 fully saturated rings. The van der Waals surface area contributed by atoms with E-state index in [1.807, 2.05) is 86.9 Å². The van der Waals surface area contributed by atoms with Gasteiger partial charge in [0.25, 0.3) is 5.91 Å². The van der Waals surface area contributed by atoms with Crippen molar-refractivity contribution < 1.29 is 9.59 Å². The summed E-state index contributed by atoms with van der Waals surface area (Å²) in [7, 11) is 0. The average molecular weight is 392 g/mol. The molecule has 0 saturated carbocycles. The van der Waals surface area contributed by atoms with E-state index in [1.54, 1.807) is 0 Å². The van der Waals surface area contributed by atoms with E-state index in [1.165, 1.54) is 0 Å². The van der Waals surface area contributed by atoms with Gasteiger partial charge in [-0.1, -0.05) is 51.1 Å². The molecule has 2 N–H and O–H groups in total. The van der Waals surface area contributed by atoms with Crippen LogP contribution in [-0.2, 0) is 17.9 Å². The molecule has 0 atom stereocenters. The maximum Gasteiger partial charge on any atom is 0.268 e. The highest BCUT2D eigenvalue weighted by Gasteiger charge is 2.18. The van der Waals surface area contributed by atoms with Gasteiger partial charge in [-0.05, 0) is 42.2 Å². The predicted molar refractivity (Wildman–Crippen MR) is 118 cm³/mol. The van der Waals surface area contributed by atoms with Crippen LogP contribution in [0.2, 0.25) is 0 Å². The van der Waals surface area contributed by atoms with E-state index < -0.39 is 0 Å². The van der Waals surface area contributed by atoms with Crippen LogP contribution in [0.3, 0.4) is 0 Å². The third kappa shape index (κ3) is 5.25. The van der Waals surface area contributed by atoms with Gasteiger partial charge in [0.1, 0.15) is 5.69 Å². The molecule has 0 bridgehead atoms. The van der Waals surface area contributed by atoms with E-state index >= 15 is 0 Å². The van der Waals surface area contributed by atoms with Crippen molar-refractivity contribution in [2.24, 2.45) is 5.41 Å². The Kier molecular flexibility index (Phi) is 6.06. The molecule has 0 spiro atoms. The number of aryl methyl sites for hydroxylation is 1. The van der Waals surface area contributed by atoms with Gasteiger partial charge in [-0.2, -0.15) is 0 Å². The second-order valence-electron chi connectivity index (χ2n) is 8.50. The molecular formula is C24H29N3O2. The highest BCUT2D eigenvalue weighted by Crippen LogP contribution is 2.25. The fraction of sp³-hybridized carbons (Fsp3) is 0.333. The molecule has 5 heteroatoms. The van der Waals surface area contributed by atoms with Gasteiger partial charge >= 0.3 is 0 Å². The van der Waals surface area contributed by atoms with Gasteiger partial charge in [-0.15, -0.1) is 0 Å². The number of amides is 2. The molecule has 0 aliphatic rings. The Labute approximate surface area is 172 Å². The molecular weight excluding hydrogens is 362 g/mol. The molecule has 0 radical (unpaired) electrons. The first-order chi connectivity index (χ1) is 13.8. The number of anilines is 1. The molecule has 0 aliphatic carbocycles. The monoisotopic (exact) mass is 391 g/mol. The molecule has 1 aromatic heterocycles. The third-order valence-electron chi connectivity index (χ3n) is 4.72. The first-order valence-corrected chi connectivity index (χ1v) is 10.0. The van der Waals surface area contributed by atoms with E-state index in [-0.39, 0.29) is 17.2 Å². The summed E-state index contributed by atoms with van der Waals surface area (Å²) in [6.07, 6.45) is 0.453. The van der Waals surface area contributed by atoms with Crippen LogP contribution in [0.25, 0.3) is 10.9 Å². The number of carbonyl (C=O) groups excluding carboxylic acids is 2. The predicted octanol–water partition coefficient (Wildman–Crippen LogP) is 4.97. The number of benzene rings is 2. The van der Waals surface area contributed by atoms with Crippen molar-refractivity contribution in [2.75, 3.05) is 5.32 Å². The second-order valence-corrected chi connectivity index (χ2v) is 8.50. The molecule has 0 unspecified atom stereocenters. The Morgan fingerprint density at radius 3 is 2.38 bits per heavy atom. The average Bonchev–Trinajstić information content (AvgIpc) is 3.03. The lowest BCUT2D eigenvalue weighted by Crippen LogP contribution is -2.25. The summed E-state index contributed by atoms with van der Waals surface area (Å²) < 4.78 is 2.00. The van der Waals surface area contributed by atoms with Gasteiger partial charge in [-0.3, -0.25) is 9.59 Å². The van der Waals surface area contributed by atoms with Crippen molar-refractivity contribution in [3.63, 3.8) is 0 Å². The molecule has 3 rings (SSSR count). The van der Waals surface area contributed by atoms with Crippen LogP contribution in [0, 0.1) is 5.41 Å². The van der Waals surface area contributed by atoms with Gasteiger partial charge in [0.2, 0.25) is 5.91 Å².